The van der Waals surface area contributed by atoms with Gasteiger partial charge in [0.2, 0.25) is 0 Å². The SMILES string of the molecule is CCc1ccc(C(COC)NC(=O)c2cc(C(=O)O)co2)o1. The molecule has 2 N–H and O–H groups in total. The summed E-state index contributed by atoms with van der Waals surface area (Å²) >= 11 is 0. The number of ether oxygens (including phenoxy) is 1. The number of amides is 1. The number of carboxylic acid groups (broad SMARTS) is 1. The summed E-state index contributed by atoms with van der Waals surface area (Å²) in [6.07, 6.45) is 1.76. The van der Waals surface area contributed by atoms with Crippen molar-refractivity contribution in [2.75, 3.05) is 13.7 Å². The minimum absolute atomic E-state index is 0.0826. The van der Waals surface area contributed by atoms with E-state index in [1.807, 2.05) is 13.0 Å². The molecule has 0 fully saturated rings. The van der Waals surface area contributed by atoms with Crippen molar-refractivity contribution in [2.45, 2.75) is 19.4 Å². The van der Waals surface area contributed by atoms with Crippen LogP contribution in [0.1, 0.15) is 45.4 Å². The van der Waals surface area contributed by atoms with Crippen LogP contribution in [0.2, 0.25) is 0 Å². The normalized spacial score (nSPS) is 12.1. The zero-order valence-electron chi connectivity index (χ0n) is 12.3. The van der Waals surface area contributed by atoms with Crippen LogP contribution in [0.4, 0.5) is 0 Å². The molecular weight excluding hydrogens is 290 g/mol. The zero-order valence-corrected chi connectivity index (χ0v) is 12.3. The average molecular weight is 307 g/mol. The molecule has 0 aromatic carbocycles. The summed E-state index contributed by atoms with van der Waals surface area (Å²) in [6.45, 7) is 2.18. The fourth-order valence-corrected chi connectivity index (χ4v) is 1.93. The lowest BCUT2D eigenvalue weighted by atomic mass is 10.2. The molecule has 1 amide bonds. The molecule has 1 atom stereocenters. The summed E-state index contributed by atoms with van der Waals surface area (Å²) in [4.78, 5) is 22.9. The molecule has 1 unspecified atom stereocenters. The average Bonchev–Trinajstić information content (AvgIpc) is 3.16. The maximum atomic E-state index is 12.1. The highest BCUT2D eigenvalue weighted by Crippen LogP contribution is 2.19. The van der Waals surface area contributed by atoms with E-state index in [1.54, 1.807) is 6.07 Å². The molecule has 2 aromatic heterocycles. The van der Waals surface area contributed by atoms with E-state index in [4.69, 9.17) is 18.7 Å². The van der Waals surface area contributed by atoms with E-state index >= 15 is 0 Å². The number of methoxy groups -OCH3 is 1. The second-order valence-corrected chi connectivity index (χ2v) is 4.64. The van der Waals surface area contributed by atoms with Gasteiger partial charge in [0.1, 0.15) is 23.8 Å². The number of aromatic carboxylic acids is 1. The highest BCUT2D eigenvalue weighted by molar-refractivity contribution is 5.95. The molecule has 2 aromatic rings. The summed E-state index contributed by atoms with van der Waals surface area (Å²) in [5, 5.41) is 11.5. The van der Waals surface area contributed by atoms with Gasteiger partial charge in [-0.25, -0.2) is 4.79 Å². The van der Waals surface area contributed by atoms with Gasteiger partial charge >= 0.3 is 5.97 Å². The van der Waals surface area contributed by atoms with E-state index < -0.39 is 17.9 Å². The number of nitrogens with one attached hydrogen (secondary N) is 1. The molecule has 2 rings (SSSR count). The van der Waals surface area contributed by atoms with Gasteiger partial charge in [0.25, 0.3) is 5.91 Å². The summed E-state index contributed by atoms with van der Waals surface area (Å²) in [5.41, 5.74) is -0.0836. The lowest BCUT2D eigenvalue weighted by Gasteiger charge is -2.14. The molecule has 7 heteroatoms. The Hall–Kier alpha value is -2.54. The van der Waals surface area contributed by atoms with Crippen molar-refractivity contribution in [3.8, 4) is 0 Å². The monoisotopic (exact) mass is 307 g/mol. The molecule has 0 spiro atoms. The number of furan rings is 2. The molecule has 22 heavy (non-hydrogen) atoms. The molecule has 2 heterocycles. The Labute approximate surface area is 126 Å². The number of aryl methyl sites for hydroxylation is 1. The Morgan fingerprint density at radius 3 is 2.73 bits per heavy atom. The van der Waals surface area contributed by atoms with Crippen LogP contribution in [0.25, 0.3) is 0 Å². The number of rotatable bonds is 7. The Bertz CT molecular complexity index is 657. The molecule has 0 bridgehead atoms. The van der Waals surface area contributed by atoms with Gasteiger partial charge in [0.15, 0.2) is 5.76 Å². The van der Waals surface area contributed by atoms with E-state index in [9.17, 15) is 9.59 Å². The number of carbonyl (C=O) groups excluding carboxylic acids is 1. The molecule has 0 aliphatic heterocycles. The minimum atomic E-state index is -1.16. The smallest absolute Gasteiger partial charge is 0.338 e. The summed E-state index contributed by atoms with van der Waals surface area (Å²) in [5.74, 6) is -0.409. The number of hydrogen-bond donors (Lipinski definition) is 2. The first-order valence-electron chi connectivity index (χ1n) is 6.75. The fraction of sp³-hybridized carbons (Fsp3) is 0.333. The molecule has 7 nitrogen and oxygen atoms in total. The highest BCUT2D eigenvalue weighted by atomic mass is 16.5. The van der Waals surface area contributed by atoms with Crippen LogP contribution in [0, 0.1) is 0 Å². The van der Waals surface area contributed by atoms with Crippen LogP contribution in [-0.2, 0) is 11.2 Å². The first kappa shape index (κ1) is 15.8. The lowest BCUT2D eigenvalue weighted by Crippen LogP contribution is -2.30. The third kappa shape index (κ3) is 3.56. The quantitative estimate of drug-likeness (QED) is 0.813. The fourth-order valence-electron chi connectivity index (χ4n) is 1.93. The number of carboxylic acids is 1. The molecule has 0 saturated heterocycles. The van der Waals surface area contributed by atoms with Crippen LogP contribution in [0.5, 0.6) is 0 Å². The Kier molecular flexibility index (Phi) is 5.00. The Morgan fingerprint density at radius 1 is 1.41 bits per heavy atom. The lowest BCUT2D eigenvalue weighted by molar-refractivity contribution is 0.0695. The summed E-state index contributed by atoms with van der Waals surface area (Å²) < 4.78 is 15.7. The molecular formula is C15H17NO6. The first-order valence-corrected chi connectivity index (χ1v) is 6.75. The van der Waals surface area contributed by atoms with Crippen LogP contribution < -0.4 is 5.32 Å². The van der Waals surface area contributed by atoms with Gasteiger partial charge in [-0.15, -0.1) is 0 Å². The van der Waals surface area contributed by atoms with Crippen LogP contribution in [0.15, 0.2) is 33.3 Å². The molecule has 0 aliphatic carbocycles. The highest BCUT2D eigenvalue weighted by Gasteiger charge is 2.21. The third-order valence-electron chi connectivity index (χ3n) is 3.08. The molecule has 0 radical (unpaired) electrons. The van der Waals surface area contributed by atoms with E-state index in [0.29, 0.717) is 5.76 Å². The maximum absolute atomic E-state index is 12.1. The summed E-state index contributed by atoms with van der Waals surface area (Å²) in [7, 11) is 1.51. The van der Waals surface area contributed by atoms with Crippen molar-refractivity contribution < 1.29 is 28.3 Å². The van der Waals surface area contributed by atoms with E-state index in [0.717, 1.165) is 18.4 Å². The Balaban J connectivity index is 2.12. The van der Waals surface area contributed by atoms with Gasteiger partial charge in [-0.1, -0.05) is 6.92 Å². The van der Waals surface area contributed by atoms with Gasteiger partial charge in [0.05, 0.1) is 12.2 Å². The van der Waals surface area contributed by atoms with Gasteiger partial charge in [-0.3, -0.25) is 4.79 Å². The predicted molar refractivity (Wildman–Crippen MR) is 75.8 cm³/mol. The second kappa shape index (κ2) is 6.95. The van der Waals surface area contributed by atoms with Gasteiger partial charge in [-0.05, 0) is 12.1 Å². The largest absolute Gasteiger partial charge is 0.478 e. The second-order valence-electron chi connectivity index (χ2n) is 4.64. The van der Waals surface area contributed by atoms with E-state index in [1.165, 1.54) is 13.2 Å². The van der Waals surface area contributed by atoms with Crippen LogP contribution in [-0.4, -0.2) is 30.7 Å². The van der Waals surface area contributed by atoms with Gasteiger partial charge in [0, 0.05) is 19.6 Å². The standard InChI is InChI=1S/C15H17NO6/c1-3-10-4-5-12(22-10)11(8-20-2)16-14(17)13-6-9(7-21-13)15(18)19/h4-7,11H,3,8H2,1-2H3,(H,16,17)(H,18,19). The zero-order chi connectivity index (χ0) is 16.1. The maximum Gasteiger partial charge on any atom is 0.338 e. The van der Waals surface area contributed by atoms with Crippen molar-refractivity contribution in [3.63, 3.8) is 0 Å². The Morgan fingerprint density at radius 2 is 2.18 bits per heavy atom. The van der Waals surface area contributed by atoms with Crippen molar-refractivity contribution in [1.29, 1.82) is 0 Å². The predicted octanol–water partition coefficient (Wildman–Crippen LogP) is 2.25. The van der Waals surface area contributed by atoms with Gasteiger partial charge in [-0.2, -0.15) is 0 Å². The van der Waals surface area contributed by atoms with E-state index in [-0.39, 0.29) is 17.9 Å². The summed E-state index contributed by atoms with van der Waals surface area (Å²) in [6, 6.07) is 4.28. The molecule has 118 valence electrons. The van der Waals surface area contributed by atoms with Crippen LogP contribution >= 0.6 is 0 Å². The van der Waals surface area contributed by atoms with Crippen molar-refractivity contribution in [2.24, 2.45) is 0 Å². The van der Waals surface area contributed by atoms with Gasteiger partial charge < -0.3 is 24.0 Å². The van der Waals surface area contributed by atoms with Crippen LogP contribution in [0.3, 0.4) is 0 Å². The minimum Gasteiger partial charge on any atom is -0.478 e. The van der Waals surface area contributed by atoms with Crippen molar-refractivity contribution in [1.82, 2.24) is 5.32 Å². The third-order valence-corrected chi connectivity index (χ3v) is 3.08. The van der Waals surface area contributed by atoms with Crippen molar-refractivity contribution in [3.05, 3.63) is 47.3 Å². The molecule has 0 aliphatic rings. The molecule has 0 saturated carbocycles. The number of carbonyl (C=O) groups is 2. The number of hydrogen-bond acceptors (Lipinski definition) is 5. The van der Waals surface area contributed by atoms with E-state index in [2.05, 4.69) is 5.32 Å². The van der Waals surface area contributed by atoms with Crippen molar-refractivity contribution >= 4 is 11.9 Å². The first-order chi connectivity index (χ1) is 10.5. The topological polar surface area (TPSA) is 102 Å².